The summed E-state index contributed by atoms with van der Waals surface area (Å²) in [5.41, 5.74) is 2.67. The molecule has 1 N–H and O–H groups in total. The van der Waals surface area contributed by atoms with Crippen LogP contribution in [-0.2, 0) is 11.3 Å². The Balaban J connectivity index is 2.07. The molecule has 6 heteroatoms. The number of carbonyl (C=O) groups excluding carboxylic acids is 1. The van der Waals surface area contributed by atoms with Crippen LogP contribution in [0.5, 0.6) is 11.5 Å². The molecule has 0 fully saturated rings. The van der Waals surface area contributed by atoms with Gasteiger partial charge in [-0.05, 0) is 68.4 Å². The molecule has 0 aromatic heterocycles. The first-order valence-corrected chi connectivity index (χ1v) is 8.34. The Kier molecular flexibility index (Phi) is 6.58. The smallest absolute Gasteiger partial charge is 0.241 e. The van der Waals surface area contributed by atoms with Gasteiger partial charge in [0.15, 0.2) is 11.5 Å². The van der Waals surface area contributed by atoms with Crippen molar-refractivity contribution in [2.75, 3.05) is 26.6 Å². The van der Waals surface area contributed by atoms with Gasteiger partial charge in [-0.2, -0.15) is 0 Å². The van der Waals surface area contributed by atoms with Crippen molar-refractivity contribution in [2.45, 2.75) is 26.4 Å². The molecule has 2 aromatic rings. The number of hydrogen-bond donors (Lipinski definition) is 1. The van der Waals surface area contributed by atoms with Gasteiger partial charge in [-0.1, -0.05) is 0 Å². The topological polar surface area (TPSA) is 50.8 Å². The highest BCUT2D eigenvalue weighted by molar-refractivity contribution is 5.94. The van der Waals surface area contributed by atoms with Crippen molar-refractivity contribution >= 4 is 11.6 Å². The fourth-order valence-corrected chi connectivity index (χ4v) is 2.58. The lowest BCUT2D eigenvalue weighted by atomic mass is 10.1. The number of anilines is 1. The van der Waals surface area contributed by atoms with Crippen LogP contribution in [0.25, 0.3) is 0 Å². The number of hydrogen-bond acceptors (Lipinski definition) is 4. The van der Waals surface area contributed by atoms with Crippen LogP contribution in [0.4, 0.5) is 10.1 Å². The molecule has 5 nitrogen and oxygen atoms in total. The van der Waals surface area contributed by atoms with Gasteiger partial charge in [-0.15, -0.1) is 0 Å². The summed E-state index contributed by atoms with van der Waals surface area (Å²) in [5.74, 6) is 0.845. The van der Waals surface area contributed by atoms with Crippen LogP contribution in [0.3, 0.4) is 0 Å². The third-order valence-electron chi connectivity index (χ3n) is 4.41. The quantitative estimate of drug-likeness (QED) is 0.820. The zero-order chi connectivity index (χ0) is 19.3. The highest BCUT2D eigenvalue weighted by Crippen LogP contribution is 2.30. The highest BCUT2D eigenvalue weighted by Gasteiger charge is 2.20. The number of aryl methyl sites for hydroxylation is 1. The standard InChI is InChI=1S/C20H25FN2O3/c1-13-10-18(25-4)19(26-5)11-15(13)12-23(3)14(2)20(24)22-17-8-6-16(21)7-9-17/h6-11,14H,12H2,1-5H3,(H,22,24)/t14-/m0/s1. The lowest BCUT2D eigenvalue weighted by Crippen LogP contribution is -2.39. The summed E-state index contributed by atoms with van der Waals surface area (Å²) in [6.07, 6.45) is 0. The SMILES string of the molecule is COc1cc(C)c(CN(C)[C@@H](C)C(=O)Nc2ccc(F)cc2)cc1OC. The minimum Gasteiger partial charge on any atom is -0.493 e. The summed E-state index contributed by atoms with van der Waals surface area (Å²) in [5, 5.41) is 2.80. The molecule has 1 amide bonds. The second-order valence-electron chi connectivity index (χ2n) is 6.22. The van der Waals surface area contributed by atoms with Crippen molar-refractivity contribution in [1.82, 2.24) is 4.90 Å². The fraction of sp³-hybridized carbons (Fsp3) is 0.350. The average molecular weight is 360 g/mol. The van der Waals surface area contributed by atoms with Gasteiger partial charge in [-0.25, -0.2) is 4.39 Å². The van der Waals surface area contributed by atoms with E-state index in [-0.39, 0.29) is 17.8 Å². The van der Waals surface area contributed by atoms with Gasteiger partial charge in [0.05, 0.1) is 20.3 Å². The van der Waals surface area contributed by atoms with Crippen LogP contribution >= 0.6 is 0 Å². The molecule has 1 atom stereocenters. The van der Waals surface area contributed by atoms with E-state index in [1.807, 2.05) is 37.9 Å². The number of amides is 1. The van der Waals surface area contributed by atoms with E-state index in [1.54, 1.807) is 26.4 Å². The molecule has 0 radical (unpaired) electrons. The third-order valence-corrected chi connectivity index (χ3v) is 4.41. The molecule has 0 saturated carbocycles. The molecule has 26 heavy (non-hydrogen) atoms. The summed E-state index contributed by atoms with van der Waals surface area (Å²) < 4.78 is 23.6. The number of halogens is 1. The molecule has 0 unspecified atom stereocenters. The summed E-state index contributed by atoms with van der Waals surface area (Å²) >= 11 is 0. The Hall–Kier alpha value is -2.60. The first-order valence-electron chi connectivity index (χ1n) is 8.34. The van der Waals surface area contributed by atoms with Crippen LogP contribution in [0.2, 0.25) is 0 Å². The summed E-state index contributed by atoms with van der Waals surface area (Å²) in [6, 6.07) is 9.19. The van der Waals surface area contributed by atoms with E-state index in [9.17, 15) is 9.18 Å². The Morgan fingerprint density at radius 3 is 2.31 bits per heavy atom. The van der Waals surface area contributed by atoms with Crippen molar-refractivity contribution in [3.63, 3.8) is 0 Å². The maximum Gasteiger partial charge on any atom is 0.241 e. The lowest BCUT2D eigenvalue weighted by molar-refractivity contribution is -0.120. The van der Waals surface area contributed by atoms with Crippen molar-refractivity contribution in [2.24, 2.45) is 0 Å². The summed E-state index contributed by atoms with van der Waals surface area (Å²) in [6.45, 7) is 4.40. The minimum atomic E-state index is -0.368. The minimum absolute atomic E-state index is 0.155. The maximum absolute atomic E-state index is 13.0. The number of benzene rings is 2. The number of carbonyl (C=O) groups is 1. The monoisotopic (exact) mass is 360 g/mol. The van der Waals surface area contributed by atoms with Crippen LogP contribution in [0.1, 0.15) is 18.1 Å². The van der Waals surface area contributed by atoms with E-state index in [4.69, 9.17) is 9.47 Å². The van der Waals surface area contributed by atoms with Gasteiger partial charge in [0.1, 0.15) is 5.82 Å². The number of methoxy groups -OCH3 is 2. The van der Waals surface area contributed by atoms with Crippen LogP contribution in [0, 0.1) is 12.7 Å². The Labute approximate surface area is 153 Å². The van der Waals surface area contributed by atoms with E-state index in [2.05, 4.69) is 5.32 Å². The third kappa shape index (κ3) is 4.73. The van der Waals surface area contributed by atoms with E-state index < -0.39 is 0 Å². The molecule has 0 aliphatic carbocycles. The van der Waals surface area contributed by atoms with Crippen LogP contribution < -0.4 is 14.8 Å². The van der Waals surface area contributed by atoms with Gasteiger partial charge in [0.2, 0.25) is 5.91 Å². The van der Waals surface area contributed by atoms with Crippen molar-refractivity contribution in [3.05, 3.63) is 53.3 Å². The molecule has 140 valence electrons. The van der Waals surface area contributed by atoms with Crippen molar-refractivity contribution < 1.29 is 18.7 Å². The van der Waals surface area contributed by atoms with E-state index in [1.165, 1.54) is 12.1 Å². The van der Waals surface area contributed by atoms with E-state index >= 15 is 0 Å². The highest BCUT2D eigenvalue weighted by atomic mass is 19.1. The predicted molar refractivity (Wildman–Crippen MR) is 100 cm³/mol. The number of likely N-dealkylation sites (N-methyl/N-ethyl adjacent to an activating group) is 1. The number of nitrogens with zero attached hydrogens (tertiary/aromatic N) is 1. The molecule has 2 rings (SSSR count). The average Bonchev–Trinajstić information content (AvgIpc) is 2.63. The van der Waals surface area contributed by atoms with Crippen molar-refractivity contribution in [3.8, 4) is 11.5 Å². The molecule has 0 bridgehead atoms. The fourth-order valence-electron chi connectivity index (χ4n) is 2.58. The van der Waals surface area contributed by atoms with Gasteiger partial charge in [0.25, 0.3) is 0 Å². The number of rotatable bonds is 7. The van der Waals surface area contributed by atoms with Crippen molar-refractivity contribution in [1.29, 1.82) is 0 Å². The maximum atomic E-state index is 13.0. The number of ether oxygens (including phenoxy) is 2. The zero-order valence-corrected chi connectivity index (χ0v) is 15.8. The van der Waals surface area contributed by atoms with E-state index in [0.29, 0.717) is 23.7 Å². The lowest BCUT2D eigenvalue weighted by Gasteiger charge is -2.25. The first-order chi connectivity index (χ1) is 12.3. The second kappa shape index (κ2) is 8.67. The van der Waals surface area contributed by atoms with E-state index in [0.717, 1.165) is 11.1 Å². The first kappa shape index (κ1) is 19.7. The molecule has 2 aromatic carbocycles. The Morgan fingerprint density at radius 1 is 1.15 bits per heavy atom. The van der Waals surface area contributed by atoms with Crippen LogP contribution in [-0.4, -0.2) is 38.1 Å². The van der Waals surface area contributed by atoms with Gasteiger partial charge in [-0.3, -0.25) is 9.69 Å². The number of nitrogens with one attached hydrogen (secondary N) is 1. The second-order valence-corrected chi connectivity index (χ2v) is 6.22. The molecular formula is C20H25FN2O3. The van der Waals surface area contributed by atoms with Crippen LogP contribution in [0.15, 0.2) is 36.4 Å². The molecule has 0 spiro atoms. The molecular weight excluding hydrogens is 335 g/mol. The molecule has 0 heterocycles. The largest absolute Gasteiger partial charge is 0.493 e. The summed E-state index contributed by atoms with van der Waals surface area (Å²) in [7, 11) is 5.08. The van der Waals surface area contributed by atoms with Gasteiger partial charge in [0, 0.05) is 12.2 Å². The van der Waals surface area contributed by atoms with Gasteiger partial charge < -0.3 is 14.8 Å². The van der Waals surface area contributed by atoms with Gasteiger partial charge >= 0.3 is 0 Å². The Bertz CT molecular complexity index is 762. The zero-order valence-electron chi connectivity index (χ0n) is 15.8. The molecule has 0 saturated heterocycles. The normalized spacial score (nSPS) is 12.0. The predicted octanol–water partition coefficient (Wildman–Crippen LogP) is 3.61. The summed E-state index contributed by atoms with van der Waals surface area (Å²) in [4.78, 5) is 14.4. The molecule has 0 aliphatic rings. The Morgan fingerprint density at radius 2 is 1.73 bits per heavy atom. The molecule has 0 aliphatic heterocycles.